The van der Waals surface area contributed by atoms with Crippen molar-refractivity contribution in [3.8, 4) is 0 Å². The third-order valence-corrected chi connectivity index (χ3v) is 13.7. The molecule has 0 spiro atoms. The summed E-state index contributed by atoms with van der Waals surface area (Å²) in [7, 11) is 0. The predicted octanol–water partition coefficient (Wildman–Crippen LogP) is 20.4. The average Bonchev–Trinajstić information content (AvgIpc) is 3.35. The van der Waals surface area contributed by atoms with Crippen LogP contribution in [0.25, 0.3) is 0 Å². The van der Waals surface area contributed by atoms with E-state index in [-0.39, 0.29) is 31.1 Å². The molecular formula is C63H116O6. The van der Waals surface area contributed by atoms with E-state index in [9.17, 15) is 14.4 Å². The van der Waals surface area contributed by atoms with Crippen molar-refractivity contribution in [2.75, 3.05) is 13.2 Å². The second-order valence-electron chi connectivity index (χ2n) is 20.6. The number of unbranched alkanes of at least 4 members (excludes halogenated alkanes) is 39. The number of hydrogen-bond donors (Lipinski definition) is 0. The first-order chi connectivity index (χ1) is 34.0. The van der Waals surface area contributed by atoms with Gasteiger partial charge in [0.1, 0.15) is 13.2 Å². The fourth-order valence-corrected chi connectivity index (χ4v) is 9.11. The quantitative estimate of drug-likeness (QED) is 0.0261. The molecule has 0 aromatic heterocycles. The number of allylic oxidation sites excluding steroid dienone is 6. The van der Waals surface area contributed by atoms with Crippen LogP contribution < -0.4 is 0 Å². The molecule has 0 rings (SSSR count). The monoisotopic (exact) mass is 969 g/mol. The second-order valence-corrected chi connectivity index (χ2v) is 20.6. The van der Waals surface area contributed by atoms with E-state index in [2.05, 4.69) is 57.2 Å². The lowest BCUT2D eigenvalue weighted by molar-refractivity contribution is -0.167. The first kappa shape index (κ1) is 66.6. The van der Waals surface area contributed by atoms with Crippen LogP contribution in [0.1, 0.15) is 329 Å². The fourth-order valence-electron chi connectivity index (χ4n) is 9.11. The molecule has 0 fully saturated rings. The lowest BCUT2D eigenvalue weighted by Gasteiger charge is -2.18. The van der Waals surface area contributed by atoms with E-state index < -0.39 is 6.10 Å². The first-order valence-corrected chi connectivity index (χ1v) is 30.5. The topological polar surface area (TPSA) is 78.9 Å². The minimum absolute atomic E-state index is 0.0743. The highest BCUT2D eigenvalue weighted by Crippen LogP contribution is 2.18. The molecule has 0 saturated carbocycles. The zero-order chi connectivity index (χ0) is 50.0. The molecule has 0 N–H and O–H groups in total. The Morgan fingerprint density at radius 1 is 0.304 bits per heavy atom. The highest BCUT2D eigenvalue weighted by Gasteiger charge is 2.19. The number of carbonyl (C=O) groups excluding carboxylic acids is 3. The molecule has 0 amide bonds. The third kappa shape index (κ3) is 56.4. The minimum Gasteiger partial charge on any atom is -0.462 e. The van der Waals surface area contributed by atoms with E-state index in [1.165, 1.54) is 193 Å². The molecule has 0 aromatic rings. The molecule has 1 unspecified atom stereocenters. The van der Waals surface area contributed by atoms with Gasteiger partial charge in [-0.1, -0.05) is 295 Å². The lowest BCUT2D eigenvalue weighted by Crippen LogP contribution is -2.30. The van der Waals surface area contributed by atoms with Crippen LogP contribution >= 0.6 is 0 Å². The van der Waals surface area contributed by atoms with Crippen LogP contribution in [0, 0.1) is 0 Å². The summed E-state index contributed by atoms with van der Waals surface area (Å²) in [5, 5.41) is 0. The van der Waals surface area contributed by atoms with E-state index in [0.29, 0.717) is 19.3 Å². The molecule has 404 valence electrons. The van der Waals surface area contributed by atoms with Gasteiger partial charge in [0.25, 0.3) is 0 Å². The van der Waals surface area contributed by atoms with E-state index in [1.54, 1.807) is 0 Å². The number of esters is 3. The molecular weight excluding hydrogens is 853 g/mol. The van der Waals surface area contributed by atoms with Crippen molar-refractivity contribution in [2.24, 2.45) is 0 Å². The molecule has 69 heavy (non-hydrogen) atoms. The summed E-state index contributed by atoms with van der Waals surface area (Å²) >= 11 is 0. The van der Waals surface area contributed by atoms with Crippen molar-refractivity contribution in [3.05, 3.63) is 36.5 Å². The van der Waals surface area contributed by atoms with Gasteiger partial charge in [0.2, 0.25) is 0 Å². The molecule has 0 aliphatic rings. The van der Waals surface area contributed by atoms with Gasteiger partial charge < -0.3 is 14.2 Å². The largest absolute Gasteiger partial charge is 0.462 e. The smallest absolute Gasteiger partial charge is 0.306 e. The Bertz CT molecular complexity index is 1160. The molecule has 0 heterocycles. The highest BCUT2D eigenvalue weighted by molar-refractivity contribution is 5.71. The van der Waals surface area contributed by atoms with Crippen LogP contribution in [-0.2, 0) is 28.6 Å². The lowest BCUT2D eigenvalue weighted by atomic mass is 10.0. The number of rotatable bonds is 56. The average molecular weight is 970 g/mol. The molecule has 0 radical (unpaired) electrons. The van der Waals surface area contributed by atoms with Gasteiger partial charge in [-0.3, -0.25) is 14.4 Å². The first-order valence-electron chi connectivity index (χ1n) is 30.5. The molecule has 0 aliphatic heterocycles. The number of carbonyl (C=O) groups is 3. The molecule has 0 aliphatic carbocycles. The van der Waals surface area contributed by atoms with Gasteiger partial charge in [-0.15, -0.1) is 0 Å². The highest BCUT2D eigenvalue weighted by atomic mass is 16.6. The Balaban J connectivity index is 4.22. The van der Waals surface area contributed by atoms with Gasteiger partial charge in [0, 0.05) is 19.3 Å². The maximum Gasteiger partial charge on any atom is 0.306 e. The number of hydrogen-bond acceptors (Lipinski definition) is 6. The van der Waals surface area contributed by atoms with Crippen LogP contribution in [0.4, 0.5) is 0 Å². The summed E-state index contributed by atoms with van der Waals surface area (Å²) in [6, 6.07) is 0. The van der Waals surface area contributed by atoms with Gasteiger partial charge >= 0.3 is 17.9 Å². The Kier molecular flexibility index (Phi) is 56.2. The van der Waals surface area contributed by atoms with Crippen LogP contribution in [0.3, 0.4) is 0 Å². The Morgan fingerprint density at radius 3 is 0.884 bits per heavy atom. The molecule has 1 atom stereocenters. The summed E-state index contributed by atoms with van der Waals surface area (Å²) in [6.07, 6.45) is 70.1. The number of ether oxygens (including phenoxy) is 3. The predicted molar refractivity (Wildman–Crippen MR) is 298 cm³/mol. The molecule has 0 bridgehead atoms. The Labute approximate surface area is 429 Å². The zero-order valence-corrected chi connectivity index (χ0v) is 46.3. The maximum atomic E-state index is 12.8. The molecule has 6 nitrogen and oxygen atoms in total. The summed E-state index contributed by atoms with van der Waals surface area (Å²) in [5.41, 5.74) is 0. The zero-order valence-electron chi connectivity index (χ0n) is 46.3. The van der Waals surface area contributed by atoms with Crippen molar-refractivity contribution < 1.29 is 28.6 Å². The molecule has 6 heteroatoms. The summed E-state index contributed by atoms with van der Waals surface area (Å²) in [4.78, 5) is 38.2. The van der Waals surface area contributed by atoms with Crippen molar-refractivity contribution in [1.29, 1.82) is 0 Å². The van der Waals surface area contributed by atoms with Gasteiger partial charge in [-0.25, -0.2) is 0 Å². The van der Waals surface area contributed by atoms with Gasteiger partial charge in [-0.2, -0.15) is 0 Å². The summed E-state index contributed by atoms with van der Waals surface area (Å²) < 4.78 is 16.9. The Hall–Kier alpha value is -2.37. The maximum absolute atomic E-state index is 12.8. The van der Waals surface area contributed by atoms with Crippen molar-refractivity contribution >= 4 is 17.9 Å². The van der Waals surface area contributed by atoms with Crippen molar-refractivity contribution in [1.82, 2.24) is 0 Å². The Morgan fingerprint density at radius 2 is 0.565 bits per heavy atom. The normalized spacial score (nSPS) is 12.2. The summed E-state index contributed by atoms with van der Waals surface area (Å²) in [5.74, 6) is -0.871. The van der Waals surface area contributed by atoms with Crippen LogP contribution in [-0.4, -0.2) is 37.2 Å². The third-order valence-electron chi connectivity index (χ3n) is 13.7. The summed E-state index contributed by atoms with van der Waals surface area (Å²) in [6.45, 7) is 6.56. The van der Waals surface area contributed by atoms with Gasteiger partial charge in [-0.05, 0) is 51.4 Å². The van der Waals surface area contributed by atoms with Crippen LogP contribution in [0.2, 0.25) is 0 Å². The standard InChI is InChI=1S/C63H116O6/c1-4-7-10-13-16-19-22-25-27-28-29-30-31-32-33-34-35-37-38-41-44-47-50-53-56-62(65)68-59-60(58-67-61(64)55-52-49-46-43-40-24-21-18-15-12-9-6-3)69-63(66)57-54-51-48-45-42-39-36-26-23-20-17-14-11-8-5-2/h8,11,17,20,26,36,60H,4-7,9-10,12-16,18-19,21-25,27-35,37-59H2,1-3H3/b11-8-,20-17-,36-26-. The van der Waals surface area contributed by atoms with Crippen molar-refractivity contribution in [2.45, 2.75) is 335 Å². The van der Waals surface area contributed by atoms with Crippen LogP contribution in [0.5, 0.6) is 0 Å². The second kappa shape index (κ2) is 58.2. The SMILES string of the molecule is CC/C=C\C/C=C\C/C=C\CCCCCCCC(=O)OC(COC(=O)CCCCCCCCCCCCCC)COC(=O)CCCCCCCCCCCCCCCCCCCCCCCCCC. The van der Waals surface area contributed by atoms with E-state index in [4.69, 9.17) is 14.2 Å². The molecule has 0 saturated heterocycles. The van der Waals surface area contributed by atoms with Crippen molar-refractivity contribution in [3.63, 3.8) is 0 Å². The van der Waals surface area contributed by atoms with E-state index in [0.717, 1.165) is 96.3 Å². The minimum atomic E-state index is -0.777. The van der Waals surface area contributed by atoms with E-state index >= 15 is 0 Å². The molecule has 0 aromatic carbocycles. The van der Waals surface area contributed by atoms with Gasteiger partial charge in [0.05, 0.1) is 0 Å². The fraction of sp³-hybridized carbons (Fsp3) is 0.857. The van der Waals surface area contributed by atoms with E-state index in [1.807, 2.05) is 0 Å². The van der Waals surface area contributed by atoms with Crippen LogP contribution in [0.15, 0.2) is 36.5 Å². The van der Waals surface area contributed by atoms with Gasteiger partial charge in [0.15, 0.2) is 6.10 Å².